The van der Waals surface area contributed by atoms with Crippen LogP contribution in [0.5, 0.6) is 0 Å². The van der Waals surface area contributed by atoms with E-state index in [4.69, 9.17) is 5.14 Å². The lowest BCUT2D eigenvalue weighted by molar-refractivity contribution is -0.107. The van der Waals surface area contributed by atoms with Crippen LogP contribution in [0.2, 0.25) is 0 Å². The molecule has 3 rings (SSSR count). The molecule has 3 aromatic rings. The maximum absolute atomic E-state index is 11.2. The fourth-order valence-corrected chi connectivity index (χ4v) is 2.61. The van der Waals surface area contributed by atoms with Crippen LogP contribution in [0.15, 0.2) is 58.5 Å². The number of aldehydes is 1. The molecule has 25 heavy (non-hydrogen) atoms. The molecular weight excluding hydrogens is 342 g/mol. The number of hydrogen-bond donors (Lipinski definition) is 2. The average Bonchev–Trinajstić information content (AvgIpc) is 2.55. The lowest BCUT2D eigenvalue weighted by atomic mass is 10.2. The third-order valence-electron chi connectivity index (χ3n) is 3.37. The van der Waals surface area contributed by atoms with Gasteiger partial charge in [-0.1, -0.05) is 18.2 Å². The van der Waals surface area contributed by atoms with E-state index in [1.807, 2.05) is 19.1 Å². The summed E-state index contributed by atoms with van der Waals surface area (Å²) in [6.45, 7) is 1.97. The Morgan fingerprint density at radius 3 is 2.44 bits per heavy atom. The van der Waals surface area contributed by atoms with Crippen LogP contribution in [0, 0.1) is 6.92 Å². The van der Waals surface area contributed by atoms with Crippen molar-refractivity contribution in [2.75, 3.05) is 0 Å². The highest BCUT2D eigenvalue weighted by molar-refractivity contribution is 7.89. The molecule has 3 N–H and O–H groups in total. The SMILES string of the molecule is Cc1ccc2c(=O)[nH]cnc2c1.NS(=O)(=O)c1ccc(CC=O)cc1. The molecule has 0 aliphatic heterocycles. The summed E-state index contributed by atoms with van der Waals surface area (Å²) in [5.41, 5.74) is 2.54. The van der Waals surface area contributed by atoms with Gasteiger partial charge in [-0.25, -0.2) is 18.5 Å². The second kappa shape index (κ2) is 7.82. The van der Waals surface area contributed by atoms with Crippen molar-refractivity contribution in [3.8, 4) is 0 Å². The Kier molecular flexibility index (Phi) is 5.79. The summed E-state index contributed by atoms with van der Waals surface area (Å²) in [5.74, 6) is 0. The molecule has 0 atom stereocenters. The van der Waals surface area contributed by atoms with Crippen LogP contribution in [0.4, 0.5) is 0 Å². The molecule has 8 heteroatoms. The molecule has 0 bridgehead atoms. The Morgan fingerprint density at radius 2 is 1.84 bits per heavy atom. The molecule has 0 saturated carbocycles. The Labute approximate surface area is 144 Å². The third-order valence-corrected chi connectivity index (χ3v) is 4.30. The Morgan fingerprint density at radius 1 is 1.16 bits per heavy atom. The van der Waals surface area contributed by atoms with E-state index in [1.54, 1.807) is 18.2 Å². The van der Waals surface area contributed by atoms with Gasteiger partial charge < -0.3 is 9.78 Å². The van der Waals surface area contributed by atoms with Crippen molar-refractivity contribution in [2.45, 2.75) is 18.2 Å². The lowest BCUT2D eigenvalue weighted by Crippen LogP contribution is -2.11. The molecule has 0 amide bonds. The summed E-state index contributed by atoms with van der Waals surface area (Å²) in [5, 5.41) is 5.53. The van der Waals surface area contributed by atoms with Gasteiger partial charge in [0.15, 0.2) is 0 Å². The van der Waals surface area contributed by atoms with Crippen LogP contribution in [-0.2, 0) is 21.2 Å². The van der Waals surface area contributed by atoms with Gasteiger partial charge >= 0.3 is 0 Å². The number of nitrogens with zero attached hydrogens (tertiary/aromatic N) is 1. The lowest BCUT2D eigenvalue weighted by Gasteiger charge is -1.98. The smallest absolute Gasteiger partial charge is 0.258 e. The topological polar surface area (TPSA) is 123 Å². The number of fused-ring (bicyclic) bond motifs is 1. The van der Waals surface area contributed by atoms with Crippen molar-refractivity contribution >= 4 is 27.2 Å². The number of sulfonamides is 1. The number of primary sulfonamides is 1. The highest BCUT2D eigenvalue weighted by Gasteiger charge is 2.05. The molecular formula is C17H17N3O4S. The van der Waals surface area contributed by atoms with Crippen molar-refractivity contribution in [2.24, 2.45) is 5.14 Å². The highest BCUT2D eigenvalue weighted by Crippen LogP contribution is 2.08. The molecule has 0 fully saturated rings. The maximum atomic E-state index is 11.2. The summed E-state index contributed by atoms with van der Waals surface area (Å²) < 4.78 is 21.6. The number of aromatic amines is 1. The van der Waals surface area contributed by atoms with E-state index in [9.17, 15) is 18.0 Å². The van der Waals surface area contributed by atoms with E-state index < -0.39 is 10.0 Å². The van der Waals surface area contributed by atoms with Gasteiger partial charge in [0.25, 0.3) is 5.56 Å². The van der Waals surface area contributed by atoms with Crippen molar-refractivity contribution in [3.63, 3.8) is 0 Å². The van der Waals surface area contributed by atoms with Gasteiger partial charge in [-0.3, -0.25) is 4.79 Å². The van der Waals surface area contributed by atoms with Gasteiger partial charge in [0.2, 0.25) is 10.0 Å². The molecule has 0 saturated heterocycles. The Hall–Kier alpha value is -2.84. The first-order chi connectivity index (χ1) is 11.8. The molecule has 0 aliphatic carbocycles. The van der Waals surface area contributed by atoms with E-state index in [0.29, 0.717) is 5.39 Å². The van der Waals surface area contributed by atoms with E-state index in [1.165, 1.54) is 18.5 Å². The van der Waals surface area contributed by atoms with Gasteiger partial charge in [0.05, 0.1) is 22.1 Å². The van der Waals surface area contributed by atoms with E-state index in [0.717, 1.165) is 22.9 Å². The molecule has 7 nitrogen and oxygen atoms in total. The fourth-order valence-electron chi connectivity index (χ4n) is 2.09. The number of benzene rings is 2. The molecule has 1 aromatic heterocycles. The number of hydrogen-bond acceptors (Lipinski definition) is 5. The van der Waals surface area contributed by atoms with Gasteiger partial charge in [-0.2, -0.15) is 0 Å². The monoisotopic (exact) mass is 359 g/mol. The van der Waals surface area contributed by atoms with E-state index in [-0.39, 0.29) is 16.9 Å². The molecule has 1 heterocycles. The fraction of sp³-hybridized carbons (Fsp3) is 0.118. The first kappa shape index (κ1) is 18.5. The largest absolute Gasteiger partial charge is 0.313 e. The second-order valence-electron chi connectivity index (χ2n) is 5.31. The quantitative estimate of drug-likeness (QED) is 0.683. The van der Waals surface area contributed by atoms with Crippen LogP contribution < -0.4 is 10.7 Å². The Bertz CT molecular complexity index is 1040. The van der Waals surface area contributed by atoms with Gasteiger partial charge in [-0.15, -0.1) is 0 Å². The summed E-state index contributed by atoms with van der Waals surface area (Å²) in [4.78, 5) is 27.9. The minimum atomic E-state index is -3.62. The third kappa shape index (κ3) is 5.07. The molecule has 0 aliphatic rings. The molecule has 0 radical (unpaired) electrons. The standard InChI is InChI=1S/C9H8N2O.C8H9NO3S/c1-6-2-3-7-8(4-6)10-5-11-9(7)12;9-13(11,12)8-3-1-7(2-4-8)5-6-10/h2-5H,1H3,(H,10,11,12);1-4,6H,5H2,(H2,9,11,12). The van der Waals surface area contributed by atoms with Crippen molar-refractivity contribution < 1.29 is 13.2 Å². The zero-order valence-corrected chi connectivity index (χ0v) is 14.3. The number of rotatable bonds is 3. The van der Waals surface area contributed by atoms with E-state index >= 15 is 0 Å². The number of aromatic nitrogens is 2. The number of aryl methyl sites for hydroxylation is 1. The number of nitrogens with two attached hydrogens (primary N) is 1. The first-order valence-corrected chi connectivity index (χ1v) is 8.85. The molecule has 2 aromatic carbocycles. The first-order valence-electron chi connectivity index (χ1n) is 7.30. The molecule has 0 unspecified atom stereocenters. The Balaban J connectivity index is 0.000000181. The van der Waals surface area contributed by atoms with Gasteiger partial charge in [0, 0.05) is 6.42 Å². The predicted octanol–water partition coefficient (Wildman–Crippen LogP) is 1.31. The minimum absolute atomic E-state index is 0.0575. The minimum Gasteiger partial charge on any atom is -0.313 e. The summed E-state index contributed by atoms with van der Waals surface area (Å²) >= 11 is 0. The van der Waals surface area contributed by atoms with Gasteiger partial charge in [-0.05, 0) is 42.3 Å². The van der Waals surface area contributed by atoms with Crippen LogP contribution in [-0.4, -0.2) is 24.7 Å². The summed E-state index contributed by atoms with van der Waals surface area (Å²) in [7, 11) is -3.62. The average molecular weight is 359 g/mol. The zero-order valence-electron chi connectivity index (χ0n) is 13.5. The van der Waals surface area contributed by atoms with E-state index in [2.05, 4.69) is 9.97 Å². The van der Waals surface area contributed by atoms with Crippen molar-refractivity contribution in [1.82, 2.24) is 9.97 Å². The number of carbonyl (C=O) groups excluding carboxylic acids is 1. The highest BCUT2D eigenvalue weighted by atomic mass is 32.2. The maximum Gasteiger partial charge on any atom is 0.258 e. The van der Waals surface area contributed by atoms with Crippen LogP contribution >= 0.6 is 0 Å². The number of H-pyrrole nitrogens is 1. The molecule has 130 valence electrons. The second-order valence-corrected chi connectivity index (χ2v) is 6.87. The number of nitrogens with one attached hydrogen (secondary N) is 1. The van der Waals surface area contributed by atoms with Crippen LogP contribution in [0.25, 0.3) is 10.9 Å². The van der Waals surface area contributed by atoms with Crippen LogP contribution in [0.3, 0.4) is 0 Å². The van der Waals surface area contributed by atoms with Crippen molar-refractivity contribution in [3.05, 3.63) is 70.3 Å². The van der Waals surface area contributed by atoms with Crippen LogP contribution in [0.1, 0.15) is 11.1 Å². The predicted molar refractivity (Wildman–Crippen MR) is 94.7 cm³/mol. The summed E-state index contributed by atoms with van der Waals surface area (Å²) in [6.07, 6.45) is 2.46. The summed E-state index contributed by atoms with van der Waals surface area (Å²) in [6, 6.07) is 11.5. The van der Waals surface area contributed by atoms with Gasteiger partial charge in [0.1, 0.15) is 6.29 Å². The normalized spacial score (nSPS) is 10.8. The van der Waals surface area contributed by atoms with Crippen molar-refractivity contribution in [1.29, 1.82) is 0 Å². The number of carbonyl (C=O) groups is 1. The zero-order chi connectivity index (χ0) is 18.4. The molecule has 0 spiro atoms.